The molecule has 4 aromatic rings. The van der Waals surface area contributed by atoms with E-state index in [0.717, 1.165) is 67.1 Å². The Hall–Kier alpha value is -4.68. The van der Waals surface area contributed by atoms with Crippen molar-refractivity contribution in [3.05, 3.63) is 105 Å². The maximum atomic E-state index is 13.5. The van der Waals surface area contributed by atoms with Crippen molar-refractivity contribution in [2.45, 2.75) is 32.9 Å². The molecular weight excluding hydrogens is 565 g/mol. The van der Waals surface area contributed by atoms with Gasteiger partial charge in [-0.1, -0.05) is 0 Å². The van der Waals surface area contributed by atoms with E-state index in [1.165, 1.54) is 29.2 Å². The van der Waals surface area contributed by atoms with E-state index in [1.54, 1.807) is 38.1 Å². The Morgan fingerprint density at radius 2 is 1.80 bits per heavy atom. The molecular formula is C32H34FN7O4. The highest BCUT2D eigenvalue weighted by Gasteiger charge is 2.28. The van der Waals surface area contributed by atoms with Crippen LogP contribution in [0.3, 0.4) is 0 Å². The predicted octanol–water partition coefficient (Wildman–Crippen LogP) is 3.47. The van der Waals surface area contributed by atoms with E-state index >= 15 is 0 Å². The molecule has 4 heterocycles. The molecule has 6 rings (SSSR count). The lowest BCUT2D eigenvalue weighted by Gasteiger charge is -2.40. The van der Waals surface area contributed by atoms with Crippen LogP contribution in [-0.4, -0.2) is 68.0 Å². The molecule has 11 nitrogen and oxygen atoms in total. The van der Waals surface area contributed by atoms with Gasteiger partial charge >= 0.3 is 5.69 Å². The van der Waals surface area contributed by atoms with Crippen LogP contribution in [0.4, 0.5) is 10.1 Å². The van der Waals surface area contributed by atoms with E-state index in [9.17, 15) is 18.8 Å². The lowest BCUT2D eigenvalue weighted by molar-refractivity contribution is 0.0845. The third-order valence-electron chi connectivity index (χ3n) is 8.03. The van der Waals surface area contributed by atoms with Crippen LogP contribution < -0.4 is 21.3 Å². The molecule has 1 amide bonds. The average Bonchev–Trinajstić information content (AvgIpc) is 2.98. The van der Waals surface area contributed by atoms with E-state index in [4.69, 9.17) is 4.74 Å². The number of rotatable bonds is 8. The number of ether oxygens (including phenoxy) is 1. The lowest BCUT2D eigenvalue weighted by Crippen LogP contribution is -2.50. The lowest BCUT2D eigenvalue weighted by atomic mass is 9.98. The van der Waals surface area contributed by atoms with Gasteiger partial charge < -0.3 is 15.0 Å². The van der Waals surface area contributed by atoms with Gasteiger partial charge in [-0.25, -0.2) is 23.7 Å². The summed E-state index contributed by atoms with van der Waals surface area (Å²) in [5.41, 5.74) is 0.922. The summed E-state index contributed by atoms with van der Waals surface area (Å²) in [4.78, 5) is 53.3. The van der Waals surface area contributed by atoms with E-state index < -0.39 is 23.0 Å². The number of likely N-dealkylation sites (tertiary alicyclic amines) is 1. The Bertz CT molecular complexity index is 1800. The zero-order valence-corrected chi connectivity index (χ0v) is 24.9. The molecule has 1 saturated heterocycles. The molecule has 0 saturated carbocycles. The molecule has 0 bridgehead atoms. The highest BCUT2D eigenvalue weighted by Crippen LogP contribution is 2.30. The van der Waals surface area contributed by atoms with Gasteiger partial charge in [0.2, 0.25) is 5.88 Å². The summed E-state index contributed by atoms with van der Waals surface area (Å²) in [6.07, 6.45) is 3.58. The first kappa shape index (κ1) is 29.4. The van der Waals surface area contributed by atoms with Gasteiger partial charge in [0.05, 0.1) is 11.4 Å². The fourth-order valence-electron chi connectivity index (χ4n) is 5.76. The first-order chi connectivity index (χ1) is 21.2. The summed E-state index contributed by atoms with van der Waals surface area (Å²) >= 11 is 0. The molecule has 2 aliphatic heterocycles. The van der Waals surface area contributed by atoms with E-state index in [2.05, 4.69) is 32.1 Å². The maximum absolute atomic E-state index is 13.5. The van der Waals surface area contributed by atoms with E-state index in [-0.39, 0.29) is 17.3 Å². The molecule has 2 aromatic carbocycles. The minimum absolute atomic E-state index is 0.165. The first-order valence-corrected chi connectivity index (χ1v) is 14.6. The van der Waals surface area contributed by atoms with Crippen molar-refractivity contribution >= 4 is 11.6 Å². The van der Waals surface area contributed by atoms with Gasteiger partial charge in [-0.2, -0.15) is 0 Å². The van der Waals surface area contributed by atoms with Crippen molar-refractivity contribution in [1.29, 1.82) is 0 Å². The number of nitrogens with zero attached hydrogens (tertiary/aromatic N) is 6. The molecule has 1 N–H and O–H groups in total. The number of carbonyl (C=O) groups is 1. The van der Waals surface area contributed by atoms with Gasteiger partial charge in [-0.15, -0.1) is 0 Å². The molecule has 0 radical (unpaired) electrons. The second-order valence-electron chi connectivity index (χ2n) is 11.7. The molecule has 2 aliphatic rings. The van der Waals surface area contributed by atoms with Crippen LogP contribution in [0.2, 0.25) is 0 Å². The summed E-state index contributed by atoms with van der Waals surface area (Å²) < 4.78 is 21.8. The van der Waals surface area contributed by atoms with E-state index in [0.29, 0.717) is 23.2 Å². The average molecular weight is 600 g/mol. The third kappa shape index (κ3) is 6.03. The number of benzene rings is 2. The molecule has 0 atom stereocenters. The number of nitrogens with one attached hydrogen (secondary N) is 1. The zero-order chi connectivity index (χ0) is 31.0. The van der Waals surface area contributed by atoms with E-state index in [1.807, 2.05) is 0 Å². The van der Waals surface area contributed by atoms with Crippen LogP contribution in [0.5, 0.6) is 11.6 Å². The van der Waals surface area contributed by atoms with Crippen LogP contribution in [0, 0.1) is 11.7 Å². The second-order valence-corrected chi connectivity index (χ2v) is 11.7. The van der Waals surface area contributed by atoms with Crippen molar-refractivity contribution in [2.75, 3.05) is 38.5 Å². The Balaban J connectivity index is 1.17. The summed E-state index contributed by atoms with van der Waals surface area (Å²) in [7, 11) is 2.14. The summed E-state index contributed by atoms with van der Waals surface area (Å²) in [6.45, 7) is 8.56. The molecule has 228 valence electrons. The second kappa shape index (κ2) is 12.1. The summed E-state index contributed by atoms with van der Waals surface area (Å²) in [5, 5.41) is 2.73. The number of anilines is 1. The third-order valence-corrected chi connectivity index (χ3v) is 8.03. The minimum Gasteiger partial charge on any atom is -0.439 e. The molecule has 1 fully saturated rings. The van der Waals surface area contributed by atoms with Crippen molar-refractivity contribution in [1.82, 2.24) is 28.9 Å². The maximum Gasteiger partial charge on any atom is 0.335 e. The molecule has 2 aromatic heterocycles. The molecule has 44 heavy (non-hydrogen) atoms. The quantitative estimate of drug-likeness (QED) is 0.328. The van der Waals surface area contributed by atoms with Crippen molar-refractivity contribution in [3.8, 4) is 17.3 Å². The number of hydrogen-bond donors (Lipinski definition) is 1. The summed E-state index contributed by atoms with van der Waals surface area (Å²) in [5.74, 6) is 0.571. The number of aromatic nitrogens is 4. The van der Waals surface area contributed by atoms with Gasteiger partial charge in [-0.3, -0.25) is 19.1 Å². The molecule has 0 aliphatic carbocycles. The molecule has 12 heteroatoms. The van der Waals surface area contributed by atoms with Gasteiger partial charge in [0.15, 0.2) is 0 Å². The highest BCUT2D eigenvalue weighted by molar-refractivity contribution is 6.03. The Morgan fingerprint density at radius 3 is 2.48 bits per heavy atom. The Kier molecular flexibility index (Phi) is 8.11. The van der Waals surface area contributed by atoms with Crippen LogP contribution in [-0.2, 0) is 13.0 Å². The van der Waals surface area contributed by atoms with Crippen molar-refractivity contribution < 1.29 is 13.9 Å². The van der Waals surface area contributed by atoms with Gasteiger partial charge in [0.25, 0.3) is 11.5 Å². The van der Waals surface area contributed by atoms with Crippen molar-refractivity contribution in [3.63, 3.8) is 0 Å². The highest BCUT2D eigenvalue weighted by atomic mass is 19.1. The fraction of sp³-hybridized carbons (Fsp3) is 0.344. The van der Waals surface area contributed by atoms with Gasteiger partial charge in [0, 0.05) is 56.2 Å². The number of carbonyl (C=O) groups excluding carboxylic acids is 1. The number of hydrogen-bond acceptors (Lipinski definition) is 8. The van der Waals surface area contributed by atoms with Crippen LogP contribution in [0.15, 0.2) is 70.6 Å². The zero-order valence-electron chi connectivity index (χ0n) is 24.9. The minimum atomic E-state index is -0.803. The largest absolute Gasteiger partial charge is 0.439 e. The molecule has 0 spiro atoms. The monoisotopic (exact) mass is 599 g/mol. The normalized spacial score (nSPS) is 15.6. The van der Waals surface area contributed by atoms with Crippen LogP contribution >= 0.6 is 0 Å². The van der Waals surface area contributed by atoms with Crippen molar-refractivity contribution in [2.24, 2.45) is 5.92 Å². The summed E-state index contributed by atoms with van der Waals surface area (Å²) in [6, 6.07) is 11.3. The first-order valence-electron chi connectivity index (χ1n) is 14.6. The standard InChI is InChI=1S/C32H34FN7O4/c1-20(2)39-17-27(31(42)40(32(39)43)24-8-4-22(33)5-9-24)29(41)36-23-6-10-25(11-7-23)44-30-26-12-13-38(16-21-14-37(3)15-21)18-28(26)34-19-35-30/h4-11,17,19-21H,12-16,18H2,1-3H3,(H,36,41). The predicted molar refractivity (Wildman–Crippen MR) is 163 cm³/mol. The smallest absolute Gasteiger partial charge is 0.335 e. The van der Waals surface area contributed by atoms with Gasteiger partial charge in [0.1, 0.15) is 23.5 Å². The molecule has 0 unspecified atom stereocenters. The SMILES string of the molecule is CC(C)n1cc(C(=O)Nc2ccc(Oc3ncnc4c3CCN(CC3CN(C)C3)C4)cc2)c(=O)n(-c2ccc(F)cc2)c1=O. The number of amides is 1. The number of halogens is 1. The Morgan fingerprint density at radius 1 is 1.07 bits per heavy atom. The fourth-order valence-corrected chi connectivity index (χ4v) is 5.76. The van der Waals surface area contributed by atoms with Gasteiger partial charge in [-0.05, 0) is 81.8 Å². The Labute approximate surface area is 253 Å². The van der Waals surface area contributed by atoms with Crippen LogP contribution in [0.1, 0.15) is 41.5 Å². The topological polar surface area (TPSA) is 115 Å². The van der Waals surface area contributed by atoms with Crippen LogP contribution in [0.25, 0.3) is 5.69 Å². The number of fused-ring (bicyclic) bond motifs is 1.